The Balaban J connectivity index is 1.44. The number of fused-ring (bicyclic) bond motifs is 6. The van der Waals surface area contributed by atoms with Crippen molar-refractivity contribution in [3.63, 3.8) is 0 Å². The van der Waals surface area contributed by atoms with E-state index < -0.39 is 6.09 Å². The van der Waals surface area contributed by atoms with E-state index in [-0.39, 0.29) is 61.5 Å². The number of rotatable bonds is 8. The van der Waals surface area contributed by atoms with Crippen molar-refractivity contribution < 1.29 is 33.3 Å². The minimum absolute atomic E-state index is 0.0690. The van der Waals surface area contributed by atoms with Crippen molar-refractivity contribution in [1.29, 1.82) is 0 Å². The zero-order valence-electron chi connectivity index (χ0n) is 22.5. The number of carbonyl (C=O) groups is 3. The average molecular weight is 549 g/mol. The molecule has 0 radical (unpaired) electrons. The lowest BCUT2D eigenvalue weighted by Gasteiger charge is -2.19. The second-order valence-electron chi connectivity index (χ2n) is 9.50. The van der Waals surface area contributed by atoms with Gasteiger partial charge < -0.3 is 38.5 Å². The van der Waals surface area contributed by atoms with E-state index >= 15 is 0 Å². The van der Waals surface area contributed by atoms with Gasteiger partial charge in [0.2, 0.25) is 12.7 Å². The molecule has 0 unspecified atom stereocenters. The summed E-state index contributed by atoms with van der Waals surface area (Å²) in [6, 6.07) is 6.72. The van der Waals surface area contributed by atoms with E-state index in [9.17, 15) is 19.2 Å². The Kier molecular flexibility index (Phi) is 7.16. The molecule has 3 heterocycles. The van der Waals surface area contributed by atoms with Crippen LogP contribution >= 0.6 is 0 Å². The number of nitrogens with one attached hydrogen (secondary N) is 1. The van der Waals surface area contributed by atoms with E-state index in [1.807, 2.05) is 6.07 Å². The molecule has 2 amide bonds. The Morgan fingerprint density at radius 1 is 1.02 bits per heavy atom. The van der Waals surface area contributed by atoms with Gasteiger partial charge in [-0.15, -0.1) is 0 Å². The number of hydrogen-bond donors (Lipinski definition) is 1. The minimum atomic E-state index is -0.697. The van der Waals surface area contributed by atoms with E-state index in [4.69, 9.17) is 18.9 Å². The molecule has 0 saturated heterocycles. The van der Waals surface area contributed by atoms with Crippen molar-refractivity contribution in [1.82, 2.24) is 19.8 Å². The van der Waals surface area contributed by atoms with Crippen molar-refractivity contribution >= 4 is 50.4 Å². The molecule has 12 heteroatoms. The van der Waals surface area contributed by atoms with Crippen molar-refractivity contribution in [2.45, 2.75) is 19.8 Å². The molecule has 5 rings (SSSR count). The van der Waals surface area contributed by atoms with Crippen LogP contribution in [-0.2, 0) is 16.6 Å². The third-order valence-corrected chi connectivity index (χ3v) is 6.78. The number of nitrogens with zero attached hydrogens (tertiary/aromatic N) is 3. The summed E-state index contributed by atoms with van der Waals surface area (Å²) in [5.74, 6) is 1.16. The smallest absolute Gasteiger partial charge is 0.415 e. The zero-order chi connectivity index (χ0) is 28.6. The van der Waals surface area contributed by atoms with Crippen LogP contribution in [0.1, 0.15) is 19.8 Å². The number of benzene rings is 2. The molecule has 0 aliphatic carbocycles. The summed E-state index contributed by atoms with van der Waals surface area (Å²) in [6.07, 6.45) is 1.25. The SMILES string of the molecule is COc1cc2c(cc1OC(=O)N(C)CCNC(=O)CCC(C)=O)c(=O)n(C)c1c3cc4c(cc3ncc21)OCO4. The highest BCUT2D eigenvalue weighted by Gasteiger charge is 2.21. The van der Waals surface area contributed by atoms with Crippen LogP contribution in [-0.4, -0.2) is 66.3 Å². The van der Waals surface area contributed by atoms with Crippen molar-refractivity contribution in [2.24, 2.45) is 7.05 Å². The maximum absolute atomic E-state index is 13.5. The van der Waals surface area contributed by atoms with Gasteiger partial charge in [-0.2, -0.15) is 0 Å². The molecule has 1 N–H and O–H groups in total. The van der Waals surface area contributed by atoms with Gasteiger partial charge >= 0.3 is 6.09 Å². The van der Waals surface area contributed by atoms with Gasteiger partial charge in [-0.25, -0.2) is 4.79 Å². The molecule has 208 valence electrons. The topological polar surface area (TPSA) is 138 Å². The summed E-state index contributed by atoms with van der Waals surface area (Å²) in [5, 5.41) is 5.00. The fourth-order valence-electron chi connectivity index (χ4n) is 4.61. The summed E-state index contributed by atoms with van der Waals surface area (Å²) in [5.41, 5.74) is 1.02. The maximum atomic E-state index is 13.5. The highest BCUT2D eigenvalue weighted by Crippen LogP contribution is 2.40. The first-order chi connectivity index (χ1) is 19.2. The Labute approximate surface area is 228 Å². The number of aromatic nitrogens is 2. The van der Waals surface area contributed by atoms with Gasteiger partial charge in [0.15, 0.2) is 23.0 Å². The van der Waals surface area contributed by atoms with Gasteiger partial charge in [-0.05, 0) is 25.1 Å². The molecule has 1 aliphatic heterocycles. The second kappa shape index (κ2) is 10.7. The molecular weight excluding hydrogens is 520 g/mol. The van der Waals surface area contributed by atoms with Crippen LogP contribution in [0.25, 0.3) is 32.6 Å². The predicted molar refractivity (Wildman–Crippen MR) is 146 cm³/mol. The maximum Gasteiger partial charge on any atom is 0.415 e. The van der Waals surface area contributed by atoms with Gasteiger partial charge in [-0.3, -0.25) is 14.6 Å². The van der Waals surface area contributed by atoms with Crippen LogP contribution in [0.4, 0.5) is 4.79 Å². The first-order valence-electron chi connectivity index (χ1n) is 12.6. The summed E-state index contributed by atoms with van der Waals surface area (Å²) >= 11 is 0. The summed E-state index contributed by atoms with van der Waals surface area (Å²) in [4.78, 5) is 55.0. The van der Waals surface area contributed by atoms with Gasteiger partial charge in [-0.1, -0.05) is 0 Å². The number of ether oxygens (including phenoxy) is 4. The van der Waals surface area contributed by atoms with E-state index in [2.05, 4.69) is 10.3 Å². The summed E-state index contributed by atoms with van der Waals surface area (Å²) in [7, 11) is 4.63. The fourth-order valence-corrected chi connectivity index (χ4v) is 4.61. The fraction of sp³-hybridized carbons (Fsp3) is 0.321. The number of methoxy groups -OCH3 is 1. The monoisotopic (exact) mass is 548 g/mol. The van der Waals surface area contributed by atoms with Crippen LogP contribution in [0, 0.1) is 0 Å². The Morgan fingerprint density at radius 3 is 2.48 bits per heavy atom. The van der Waals surface area contributed by atoms with Crippen LogP contribution < -0.4 is 29.8 Å². The third-order valence-electron chi connectivity index (χ3n) is 6.78. The average Bonchev–Trinajstić information content (AvgIpc) is 3.40. The minimum Gasteiger partial charge on any atom is -0.493 e. The summed E-state index contributed by atoms with van der Waals surface area (Å²) in [6.45, 7) is 1.90. The van der Waals surface area contributed by atoms with Gasteiger partial charge in [0, 0.05) is 68.4 Å². The predicted octanol–water partition coefficient (Wildman–Crippen LogP) is 2.89. The molecule has 0 bridgehead atoms. The molecule has 12 nitrogen and oxygen atoms in total. The highest BCUT2D eigenvalue weighted by molar-refractivity contribution is 6.15. The number of amides is 2. The molecule has 0 fully saturated rings. The van der Waals surface area contributed by atoms with Crippen molar-refractivity contribution in [3.05, 3.63) is 40.8 Å². The standard InChI is InChI=1S/C28H28N4O8/c1-15(33)5-6-25(34)29-7-8-31(2)28(36)40-24-10-17-16(9-21(24)37-4)19-13-30-20-12-23-22(38-14-39-23)11-18(20)26(19)32(3)27(17)35/h9-13H,5-8,14H2,1-4H3,(H,29,34). The third kappa shape index (κ3) is 4.95. The van der Waals surface area contributed by atoms with Gasteiger partial charge in [0.1, 0.15) is 5.78 Å². The molecular formula is C28H28N4O8. The Bertz CT molecular complexity index is 1750. The molecule has 40 heavy (non-hydrogen) atoms. The van der Waals surface area contributed by atoms with Gasteiger partial charge in [0.05, 0.1) is 23.5 Å². The first kappa shape index (κ1) is 26.7. The van der Waals surface area contributed by atoms with Crippen molar-refractivity contribution in [2.75, 3.05) is 34.0 Å². The number of hydrogen-bond acceptors (Lipinski definition) is 9. The second-order valence-corrected chi connectivity index (χ2v) is 9.50. The quantitative estimate of drug-likeness (QED) is 0.329. The highest BCUT2D eigenvalue weighted by atomic mass is 16.7. The molecule has 0 saturated carbocycles. The number of pyridine rings is 2. The zero-order valence-corrected chi connectivity index (χ0v) is 22.5. The van der Waals surface area contributed by atoms with Gasteiger partial charge in [0.25, 0.3) is 5.56 Å². The van der Waals surface area contributed by atoms with Crippen LogP contribution in [0.5, 0.6) is 23.0 Å². The number of carbonyl (C=O) groups excluding carboxylic acids is 3. The molecule has 0 atom stereocenters. The number of likely N-dealkylation sites (N-methyl/N-ethyl adjacent to an activating group) is 1. The Morgan fingerprint density at radius 2 is 1.75 bits per heavy atom. The summed E-state index contributed by atoms with van der Waals surface area (Å²) < 4.78 is 23.6. The lowest BCUT2D eigenvalue weighted by atomic mass is 10.0. The molecule has 1 aliphatic rings. The normalized spacial score (nSPS) is 12.1. The lowest BCUT2D eigenvalue weighted by Crippen LogP contribution is -2.37. The molecule has 4 aromatic rings. The van der Waals surface area contributed by atoms with Crippen LogP contribution in [0.3, 0.4) is 0 Å². The number of Topliss-reactive ketones (excluding diaryl/α,β-unsaturated/α-hetero) is 1. The van der Waals surface area contributed by atoms with E-state index in [1.165, 1.54) is 36.6 Å². The molecule has 2 aromatic carbocycles. The molecule has 2 aromatic heterocycles. The van der Waals surface area contributed by atoms with Crippen LogP contribution in [0.15, 0.2) is 35.3 Å². The molecule has 0 spiro atoms. The number of aryl methyl sites for hydroxylation is 1. The van der Waals surface area contributed by atoms with E-state index in [1.54, 1.807) is 25.4 Å². The van der Waals surface area contributed by atoms with E-state index in [0.717, 1.165) is 5.39 Å². The Hall–Kier alpha value is -4.87. The number of ketones is 1. The lowest BCUT2D eigenvalue weighted by molar-refractivity contribution is -0.124. The van der Waals surface area contributed by atoms with E-state index in [0.29, 0.717) is 38.7 Å². The largest absolute Gasteiger partial charge is 0.493 e. The van der Waals surface area contributed by atoms with Crippen LogP contribution in [0.2, 0.25) is 0 Å². The first-order valence-corrected chi connectivity index (χ1v) is 12.6. The van der Waals surface area contributed by atoms with Crippen molar-refractivity contribution in [3.8, 4) is 23.0 Å².